The molecule has 1 atom stereocenters. The Bertz CT molecular complexity index is 934. The van der Waals surface area contributed by atoms with E-state index >= 15 is 0 Å². The molecule has 0 saturated heterocycles. The second-order valence-corrected chi connectivity index (χ2v) is 10.4. The fraction of sp³-hybridized carbons (Fsp3) is 0.556. The molecule has 0 aliphatic carbocycles. The fourth-order valence-electron chi connectivity index (χ4n) is 2.41. The number of methoxy groups -OCH3 is 1. The summed E-state index contributed by atoms with van der Waals surface area (Å²) < 4.78 is 59.0. The van der Waals surface area contributed by atoms with Crippen molar-refractivity contribution in [1.82, 2.24) is 10.0 Å². The number of esters is 1. The monoisotopic (exact) mass is 498 g/mol. The van der Waals surface area contributed by atoms with Crippen LogP contribution in [-0.4, -0.2) is 61.3 Å². The van der Waals surface area contributed by atoms with Crippen molar-refractivity contribution in [3.8, 4) is 0 Å². The van der Waals surface area contributed by atoms with E-state index in [0.29, 0.717) is 24.3 Å². The Morgan fingerprint density at radius 1 is 1.03 bits per heavy atom. The van der Waals surface area contributed by atoms with Gasteiger partial charge in [0, 0.05) is 18.0 Å². The van der Waals surface area contributed by atoms with Gasteiger partial charge in [-0.15, -0.1) is 0 Å². The van der Waals surface area contributed by atoms with Crippen molar-refractivity contribution in [3.05, 3.63) is 29.3 Å². The quantitative estimate of drug-likeness (QED) is 0.221. The third-order valence-electron chi connectivity index (χ3n) is 4.02. The number of hydrogen-bond donors (Lipinski definition) is 2. The number of hydrogen-bond acceptors (Lipinski definition) is 8. The number of carbonyl (C=O) groups is 2. The molecule has 1 unspecified atom stereocenters. The molecule has 0 bridgehead atoms. The maximum absolute atomic E-state index is 12.5. The third kappa shape index (κ3) is 11.5. The second-order valence-electron chi connectivity index (χ2n) is 6.65. The van der Waals surface area contributed by atoms with Crippen LogP contribution in [0, 0.1) is 0 Å². The molecular formula is C18H27ClN2O8S2. The Balaban J connectivity index is 2.65. The highest BCUT2D eigenvalue weighted by molar-refractivity contribution is 7.89. The fourth-order valence-corrected chi connectivity index (χ4v) is 4.10. The van der Waals surface area contributed by atoms with Crippen molar-refractivity contribution in [2.75, 3.05) is 26.5 Å². The van der Waals surface area contributed by atoms with Crippen LogP contribution in [0.15, 0.2) is 29.2 Å². The molecule has 31 heavy (non-hydrogen) atoms. The minimum Gasteiger partial charge on any atom is -0.469 e. The SMILES string of the molecule is COC(=O)CCCCCCNC(=O)C(COS(C)(=O)=O)NS(=O)(=O)c1ccc(Cl)cc1. The van der Waals surface area contributed by atoms with Crippen LogP contribution in [-0.2, 0) is 38.7 Å². The summed E-state index contributed by atoms with van der Waals surface area (Å²) in [5.74, 6) is -1.01. The van der Waals surface area contributed by atoms with Crippen LogP contribution in [0.4, 0.5) is 0 Å². The minimum atomic E-state index is -4.13. The zero-order valence-electron chi connectivity index (χ0n) is 17.3. The van der Waals surface area contributed by atoms with Gasteiger partial charge in [-0.3, -0.25) is 13.8 Å². The highest BCUT2D eigenvalue weighted by atomic mass is 35.5. The smallest absolute Gasteiger partial charge is 0.305 e. The van der Waals surface area contributed by atoms with Crippen LogP contribution >= 0.6 is 11.6 Å². The maximum Gasteiger partial charge on any atom is 0.305 e. The maximum atomic E-state index is 12.5. The van der Waals surface area contributed by atoms with Gasteiger partial charge in [-0.05, 0) is 37.1 Å². The van der Waals surface area contributed by atoms with Crippen molar-refractivity contribution < 1.29 is 35.3 Å². The summed E-state index contributed by atoms with van der Waals surface area (Å²) >= 11 is 5.75. The van der Waals surface area contributed by atoms with E-state index in [9.17, 15) is 26.4 Å². The van der Waals surface area contributed by atoms with E-state index in [1.165, 1.54) is 31.4 Å². The third-order valence-corrected chi connectivity index (χ3v) is 6.33. The van der Waals surface area contributed by atoms with Crippen LogP contribution in [0.5, 0.6) is 0 Å². The van der Waals surface area contributed by atoms with Crippen LogP contribution in [0.25, 0.3) is 0 Å². The van der Waals surface area contributed by atoms with Crippen molar-refractivity contribution in [2.24, 2.45) is 0 Å². The first-order valence-corrected chi connectivity index (χ1v) is 13.1. The van der Waals surface area contributed by atoms with Gasteiger partial charge in [0.05, 0.1) is 24.9 Å². The summed E-state index contributed by atoms with van der Waals surface area (Å²) in [6.07, 6.45) is 3.86. The lowest BCUT2D eigenvalue weighted by molar-refractivity contribution is -0.140. The molecular weight excluding hydrogens is 472 g/mol. The van der Waals surface area contributed by atoms with Gasteiger partial charge in [0.25, 0.3) is 10.1 Å². The van der Waals surface area contributed by atoms with Gasteiger partial charge < -0.3 is 10.1 Å². The summed E-state index contributed by atoms with van der Waals surface area (Å²) in [6.45, 7) is -0.453. The van der Waals surface area contributed by atoms with Crippen molar-refractivity contribution >= 4 is 43.6 Å². The molecule has 0 spiro atoms. The molecule has 0 saturated carbocycles. The highest BCUT2D eigenvalue weighted by Crippen LogP contribution is 2.14. The number of benzene rings is 1. The van der Waals surface area contributed by atoms with E-state index in [4.69, 9.17) is 11.6 Å². The van der Waals surface area contributed by atoms with E-state index < -0.39 is 38.7 Å². The largest absolute Gasteiger partial charge is 0.469 e. The van der Waals surface area contributed by atoms with E-state index in [-0.39, 0.29) is 17.4 Å². The summed E-state index contributed by atoms with van der Waals surface area (Å²) in [5, 5.41) is 2.89. The Labute approximate surface area is 187 Å². The number of rotatable bonds is 14. The van der Waals surface area contributed by atoms with Gasteiger partial charge in [0.2, 0.25) is 15.9 Å². The molecule has 0 heterocycles. The van der Waals surface area contributed by atoms with Crippen molar-refractivity contribution in [1.29, 1.82) is 0 Å². The topological polar surface area (TPSA) is 145 Å². The van der Waals surface area contributed by atoms with E-state index in [0.717, 1.165) is 19.1 Å². The van der Waals surface area contributed by atoms with Crippen molar-refractivity contribution in [2.45, 2.75) is 43.0 Å². The first-order valence-electron chi connectivity index (χ1n) is 9.41. The molecule has 2 N–H and O–H groups in total. The number of halogens is 1. The second kappa shape index (κ2) is 13.0. The summed E-state index contributed by atoms with van der Waals surface area (Å²) in [6, 6.07) is 3.79. The number of sulfonamides is 1. The van der Waals surface area contributed by atoms with Gasteiger partial charge in [-0.25, -0.2) is 8.42 Å². The Morgan fingerprint density at radius 3 is 2.23 bits per heavy atom. The summed E-state index contributed by atoms with van der Waals surface area (Å²) in [5.41, 5.74) is 0. The Hall–Kier alpha value is -1.73. The average molecular weight is 499 g/mol. The standard InChI is InChI=1S/C18H27ClN2O8S2/c1-28-17(22)7-5-3-4-6-12-20-18(23)16(13-29-30(2,24)25)21-31(26,27)15-10-8-14(19)9-11-15/h8-11,16,21H,3-7,12-13H2,1-2H3,(H,20,23). The zero-order chi connectivity index (χ0) is 23.5. The summed E-state index contributed by atoms with van der Waals surface area (Å²) in [7, 11) is -6.70. The van der Waals surface area contributed by atoms with Crippen LogP contribution in [0.2, 0.25) is 5.02 Å². The highest BCUT2D eigenvalue weighted by Gasteiger charge is 2.27. The molecule has 176 valence electrons. The van der Waals surface area contributed by atoms with Crippen LogP contribution in [0.3, 0.4) is 0 Å². The molecule has 0 aliphatic rings. The molecule has 0 aromatic heterocycles. The van der Waals surface area contributed by atoms with Gasteiger partial charge >= 0.3 is 5.97 Å². The number of carbonyl (C=O) groups excluding carboxylic acids is 2. The number of nitrogens with one attached hydrogen (secondary N) is 2. The molecule has 0 aliphatic heterocycles. The first kappa shape index (κ1) is 27.3. The normalized spacial score (nSPS) is 12.9. The van der Waals surface area contributed by atoms with Gasteiger partial charge in [0.1, 0.15) is 6.04 Å². The molecule has 1 rings (SSSR count). The number of unbranched alkanes of at least 4 members (excludes halogenated alkanes) is 3. The van der Waals surface area contributed by atoms with Crippen LogP contribution in [0.1, 0.15) is 32.1 Å². The molecule has 0 fully saturated rings. The minimum absolute atomic E-state index is 0.139. The lowest BCUT2D eigenvalue weighted by atomic mass is 10.1. The van der Waals surface area contributed by atoms with Gasteiger partial charge in [-0.2, -0.15) is 13.1 Å². The average Bonchev–Trinajstić information content (AvgIpc) is 2.69. The molecule has 1 aromatic rings. The molecule has 10 nitrogen and oxygen atoms in total. The van der Waals surface area contributed by atoms with Gasteiger partial charge in [0.15, 0.2) is 0 Å². The van der Waals surface area contributed by atoms with Gasteiger partial charge in [-0.1, -0.05) is 24.4 Å². The van der Waals surface area contributed by atoms with E-state index in [2.05, 4.69) is 19.0 Å². The predicted molar refractivity (Wildman–Crippen MR) is 114 cm³/mol. The Kier molecular flexibility index (Phi) is 11.4. The van der Waals surface area contributed by atoms with E-state index in [1.54, 1.807) is 0 Å². The van der Waals surface area contributed by atoms with E-state index in [1.807, 2.05) is 0 Å². The zero-order valence-corrected chi connectivity index (χ0v) is 19.7. The molecule has 0 radical (unpaired) electrons. The first-order chi connectivity index (χ1) is 14.4. The molecule has 1 amide bonds. The van der Waals surface area contributed by atoms with Crippen molar-refractivity contribution in [3.63, 3.8) is 0 Å². The number of ether oxygens (including phenoxy) is 1. The summed E-state index contributed by atoms with van der Waals surface area (Å²) in [4.78, 5) is 23.3. The lowest BCUT2D eigenvalue weighted by Gasteiger charge is -2.18. The van der Waals surface area contributed by atoms with Crippen LogP contribution < -0.4 is 10.0 Å². The lowest BCUT2D eigenvalue weighted by Crippen LogP contribution is -2.49. The predicted octanol–water partition coefficient (Wildman–Crippen LogP) is 1.20. The molecule has 13 heteroatoms. The number of amides is 1. The Morgan fingerprint density at radius 2 is 1.65 bits per heavy atom. The molecule has 1 aromatic carbocycles.